The third-order valence-electron chi connectivity index (χ3n) is 4.72. The summed E-state index contributed by atoms with van der Waals surface area (Å²) in [7, 11) is 1.89. The molecule has 2 heterocycles. The molecule has 0 bridgehead atoms. The maximum Gasteiger partial charge on any atom is 0.227 e. The third kappa shape index (κ3) is 3.22. The monoisotopic (exact) mass is 353 g/mol. The zero-order valence-electron chi connectivity index (χ0n) is 14.0. The van der Waals surface area contributed by atoms with Crippen LogP contribution >= 0.6 is 11.3 Å². The number of carbonyl (C=O) groups is 1. The summed E-state index contributed by atoms with van der Waals surface area (Å²) in [6.07, 6.45) is 2.87. The largest absolute Gasteiger partial charge is 0.339 e. The topological polar surface area (TPSA) is 59.2 Å². The number of hydrogen-bond donors (Lipinski definition) is 0. The van der Waals surface area contributed by atoms with Crippen LogP contribution < -0.4 is 0 Å². The van der Waals surface area contributed by atoms with Crippen LogP contribution in [-0.4, -0.2) is 28.0 Å². The Balaban J connectivity index is 1.38. The van der Waals surface area contributed by atoms with Crippen molar-refractivity contribution in [2.75, 3.05) is 7.05 Å². The van der Waals surface area contributed by atoms with Crippen LogP contribution in [0.5, 0.6) is 0 Å². The predicted molar refractivity (Wildman–Crippen MR) is 96.2 cm³/mol. The predicted octanol–water partition coefficient (Wildman–Crippen LogP) is 3.88. The summed E-state index contributed by atoms with van der Waals surface area (Å²) >= 11 is 1.57. The van der Waals surface area contributed by atoms with Gasteiger partial charge in [-0.1, -0.05) is 35.5 Å². The average molecular weight is 353 g/mol. The Bertz CT molecular complexity index is 872. The minimum absolute atomic E-state index is 0.109. The van der Waals surface area contributed by atoms with Crippen LogP contribution in [-0.2, 0) is 17.6 Å². The lowest BCUT2D eigenvalue weighted by Gasteiger charge is -2.25. The quantitative estimate of drug-likeness (QED) is 0.698. The highest BCUT2D eigenvalue weighted by Gasteiger charge is 2.28. The number of nitrogens with zero attached hydrogens (tertiary/aromatic N) is 3. The third-order valence-corrected chi connectivity index (χ3v) is 5.59. The Morgan fingerprint density at radius 2 is 2.20 bits per heavy atom. The molecule has 128 valence electrons. The van der Waals surface area contributed by atoms with E-state index >= 15 is 0 Å². The number of aryl methyl sites for hydroxylation is 2. The number of rotatable bonds is 5. The molecule has 0 spiro atoms. The van der Waals surface area contributed by atoms with E-state index in [0.29, 0.717) is 24.6 Å². The molecule has 0 aliphatic heterocycles. The molecule has 0 saturated heterocycles. The molecule has 5 nitrogen and oxygen atoms in total. The normalized spacial score (nSPS) is 16.0. The standard InChI is InChI=1S/C19H19N3O2S/c1-22(15-9-8-13-5-2-3-6-14(13)15)18(23)11-10-17-20-19(21-24-17)16-7-4-12-25-16/h2-7,12,15H,8-11H2,1H3. The van der Waals surface area contributed by atoms with Crippen LogP contribution in [0.3, 0.4) is 0 Å². The number of hydrogen-bond acceptors (Lipinski definition) is 5. The smallest absolute Gasteiger partial charge is 0.227 e. The summed E-state index contributed by atoms with van der Waals surface area (Å²) in [6.45, 7) is 0. The highest BCUT2D eigenvalue weighted by Crippen LogP contribution is 2.35. The van der Waals surface area contributed by atoms with Gasteiger partial charge in [-0.2, -0.15) is 4.98 Å². The van der Waals surface area contributed by atoms with E-state index in [1.807, 2.05) is 35.5 Å². The van der Waals surface area contributed by atoms with Gasteiger partial charge in [0.05, 0.1) is 10.9 Å². The van der Waals surface area contributed by atoms with Crippen molar-refractivity contribution in [1.29, 1.82) is 0 Å². The molecule has 0 saturated carbocycles. The van der Waals surface area contributed by atoms with Gasteiger partial charge in [0, 0.05) is 19.9 Å². The molecule has 0 radical (unpaired) electrons. The van der Waals surface area contributed by atoms with Crippen molar-refractivity contribution < 1.29 is 9.32 Å². The van der Waals surface area contributed by atoms with Crippen LogP contribution in [0.2, 0.25) is 0 Å². The maximum absolute atomic E-state index is 12.6. The van der Waals surface area contributed by atoms with Crippen molar-refractivity contribution in [2.45, 2.75) is 31.7 Å². The molecule has 25 heavy (non-hydrogen) atoms. The highest BCUT2D eigenvalue weighted by atomic mass is 32.1. The van der Waals surface area contributed by atoms with Crippen LogP contribution in [0.15, 0.2) is 46.3 Å². The lowest BCUT2D eigenvalue weighted by Crippen LogP contribution is -2.30. The summed E-state index contributed by atoms with van der Waals surface area (Å²) < 4.78 is 5.28. The second-order valence-electron chi connectivity index (χ2n) is 6.25. The van der Waals surface area contributed by atoms with Crippen LogP contribution in [0.4, 0.5) is 0 Å². The molecule has 6 heteroatoms. The molecule has 3 aromatic rings. The molecule has 1 aliphatic rings. The first-order valence-electron chi connectivity index (χ1n) is 8.42. The fourth-order valence-corrected chi connectivity index (χ4v) is 4.01. The van der Waals surface area contributed by atoms with Gasteiger partial charge in [0.15, 0.2) is 0 Å². The van der Waals surface area contributed by atoms with Gasteiger partial charge in [-0.25, -0.2) is 0 Å². The first-order chi connectivity index (χ1) is 12.2. The van der Waals surface area contributed by atoms with Gasteiger partial charge in [-0.05, 0) is 35.4 Å². The second-order valence-corrected chi connectivity index (χ2v) is 7.19. The van der Waals surface area contributed by atoms with Gasteiger partial charge in [-0.15, -0.1) is 11.3 Å². The number of benzene rings is 1. The number of amides is 1. The molecule has 2 aromatic heterocycles. The second kappa shape index (κ2) is 6.80. The highest BCUT2D eigenvalue weighted by molar-refractivity contribution is 7.13. The molecular formula is C19H19N3O2S. The number of fused-ring (bicyclic) bond motifs is 1. The van der Waals surface area contributed by atoms with E-state index < -0.39 is 0 Å². The zero-order valence-corrected chi connectivity index (χ0v) is 14.8. The SMILES string of the molecule is CN(C(=O)CCc1nc(-c2cccs2)no1)C1CCc2ccccc21. The Morgan fingerprint density at radius 1 is 1.32 bits per heavy atom. The van der Waals surface area contributed by atoms with Crippen LogP contribution in [0.25, 0.3) is 10.7 Å². The van der Waals surface area contributed by atoms with Crippen LogP contribution in [0.1, 0.15) is 35.9 Å². The van der Waals surface area contributed by atoms with Gasteiger partial charge < -0.3 is 9.42 Å². The van der Waals surface area contributed by atoms with Gasteiger partial charge in [0.1, 0.15) is 0 Å². The molecule has 1 unspecified atom stereocenters. The fraction of sp³-hybridized carbons (Fsp3) is 0.316. The van der Waals surface area contributed by atoms with E-state index in [2.05, 4.69) is 28.3 Å². The Hall–Kier alpha value is -2.47. The summed E-state index contributed by atoms with van der Waals surface area (Å²) in [5.41, 5.74) is 2.63. The maximum atomic E-state index is 12.6. The molecule has 1 amide bonds. The van der Waals surface area contributed by atoms with Crippen molar-refractivity contribution in [2.24, 2.45) is 0 Å². The zero-order chi connectivity index (χ0) is 17.2. The Kier molecular flexibility index (Phi) is 4.36. The summed E-state index contributed by atoms with van der Waals surface area (Å²) in [4.78, 5) is 19.8. The summed E-state index contributed by atoms with van der Waals surface area (Å²) in [6, 6.07) is 12.5. The molecule has 1 aromatic carbocycles. The summed E-state index contributed by atoms with van der Waals surface area (Å²) in [5, 5.41) is 5.96. The van der Waals surface area contributed by atoms with Gasteiger partial charge in [-0.3, -0.25) is 4.79 Å². The van der Waals surface area contributed by atoms with E-state index in [-0.39, 0.29) is 11.9 Å². The van der Waals surface area contributed by atoms with Crippen molar-refractivity contribution >= 4 is 17.2 Å². The van der Waals surface area contributed by atoms with Gasteiger partial charge in [0.25, 0.3) is 0 Å². The van der Waals surface area contributed by atoms with Gasteiger partial charge in [0.2, 0.25) is 17.6 Å². The fourth-order valence-electron chi connectivity index (χ4n) is 3.36. The molecule has 0 N–H and O–H groups in total. The molecule has 4 rings (SSSR count). The van der Waals surface area contributed by atoms with E-state index in [4.69, 9.17) is 4.52 Å². The molecule has 1 aliphatic carbocycles. The number of thiophene rings is 1. The summed E-state index contributed by atoms with van der Waals surface area (Å²) in [5.74, 6) is 1.21. The first kappa shape index (κ1) is 16.0. The lowest BCUT2D eigenvalue weighted by molar-refractivity contribution is -0.132. The van der Waals surface area contributed by atoms with Crippen molar-refractivity contribution in [3.63, 3.8) is 0 Å². The average Bonchev–Trinajstić information content (AvgIpc) is 3.38. The minimum Gasteiger partial charge on any atom is -0.339 e. The Morgan fingerprint density at radius 3 is 3.04 bits per heavy atom. The van der Waals surface area contributed by atoms with E-state index in [9.17, 15) is 4.79 Å². The van der Waals surface area contributed by atoms with E-state index in [0.717, 1.165) is 17.7 Å². The first-order valence-corrected chi connectivity index (χ1v) is 9.30. The van der Waals surface area contributed by atoms with Gasteiger partial charge >= 0.3 is 0 Å². The molecular weight excluding hydrogens is 334 g/mol. The van der Waals surface area contributed by atoms with Crippen LogP contribution in [0, 0.1) is 0 Å². The van der Waals surface area contributed by atoms with Crippen molar-refractivity contribution in [3.8, 4) is 10.7 Å². The minimum atomic E-state index is 0.109. The van der Waals surface area contributed by atoms with Crippen molar-refractivity contribution in [3.05, 3.63) is 58.8 Å². The number of carbonyl (C=O) groups excluding carboxylic acids is 1. The molecule has 1 atom stereocenters. The molecule has 0 fully saturated rings. The lowest BCUT2D eigenvalue weighted by atomic mass is 10.1. The van der Waals surface area contributed by atoms with E-state index in [1.165, 1.54) is 11.1 Å². The number of aromatic nitrogens is 2. The Labute approximate surface area is 150 Å². The van der Waals surface area contributed by atoms with Crippen molar-refractivity contribution in [1.82, 2.24) is 15.0 Å². The van der Waals surface area contributed by atoms with E-state index in [1.54, 1.807) is 11.3 Å².